The topological polar surface area (TPSA) is 37.4 Å². The van der Waals surface area contributed by atoms with Crippen LogP contribution < -0.4 is 4.90 Å². The summed E-state index contributed by atoms with van der Waals surface area (Å²) in [6.45, 7) is 9.10. The molecular formula is C38H29NO2. The van der Waals surface area contributed by atoms with Crippen molar-refractivity contribution in [3.8, 4) is 0 Å². The Morgan fingerprint density at radius 2 is 1.00 bits per heavy atom. The van der Waals surface area contributed by atoms with Gasteiger partial charge in [0.05, 0.1) is 22.6 Å². The molecule has 5 aromatic rings. The van der Waals surface area contributed by atoms with Crippen LogP contribution in [-0.2, 0) is 10.8 Å². The highest BCUT2D eigenvalue weighted by Crippen LogP contribution is 2.60. The minimum Gasteiger partial charge on any atom is -0.309 e. The number of hydrogen-bond acceptors (Lipinski definition) is 3. The number of anilines is 3. The monoisotopic (exact) mass is 531 g/mol. The summed E-state index contributed by atoms with van der Waals surface area (Å²) in [6, 6.07) is 33.3. The van der Waals surface area contributed by atoms with E-state index in [9.17, 15) is 9.59 Å². The number of carbonyl (C=O) groups excluding carboxylic acids is 2. The number of hydrogen-bond donors (Lipinski definition) is 0. The molecule has 0 bridgehead atoms. The first-order valence-electron chi connectivity index (χ1n) is 14.2. The highest BCUT2D eigenvalue weighted by atomic mass is 16.2. The SMILES string of the molecule is CC1(C)c2ccccc2N2c3ccccc3C(C)(C)c3cc(C=C4C(=O)c5cc6ccccc6cc5C4=O)cc1c32. The van der Waals surface area contributed by atoms with Crippen LogP contribution in [0.1, 0.15) is 76.2 Å². The molecule has 0 atom stereocenters. The van der Waals surface area contributed by atoms with Gasteiger partial charge in [-0.15, -0.1) is 0 Å². The van der Waals surface area contributed by atoms with E-state index in [2.05, 4.69) is 93.3 Å². The average molecular weight is 532 g/mol. The number of allylic oxidation sites excluding steroid dienone is 1. The Balaban J connectivity index is 1.37. The van der Waals surface area contributed by atoms with E-state index in [-0.39, 0.29) is 28.0 Å². The molecular weight excluding hydrogens is 502 g/mol. The number of benzene rings is 5. The summed E-state index contributed by atoms with van der Waals surface area (Å²) < 4.78 is 0. The van der Waals surface area contributed by atoms with Gasteiger partial charge in [-0.05, 0) is 81.1 Å². The molecule has 0 saturated heterocycles. The van der Waals surface area contributed by atoms with Crippen LogP contribution in [0.3, 0.4) is 0 Å². The van der Waals surface area contributed by atoms with Crippen LogP contribution in [0.15, 0.2) is 103 Å². The zero-order valence-electron chi connectivity index (χ0n) is 23.6. The van der Waals surface area contributed by atoms with Gasteiger partial charge in [0.25, 0.3) is 0 Å². The third-order valence-electron chi connectivity index (χ3n) is 9.51. The second-order valence-corrected chi connectivity index (χ2v) is 12.5. The lowest BCUT2D eigenvalue weighted by Crippen LogP contribution is -2.38. The summed E-state index contributed by atoms with van der Waals surface area (Å²) in [6.07, 6.45) is 1.82. The fourth-order valence-corrected chi connectivity index (χ4v) is 7.30. The molecule has 0 spiro atoms. The minimum atomic E-state index is -0.279. The second kappa shape index (κ2) is 7.92. The molecule has 0 aromatic heterocycles. The predicted octanol–water partition coefficient (Wildman–Crippen LogP) is 9.05. The molecule has 0 N–H and O–H groups in total. The average Bonchev–Trinajstić information content (AvgIpc) is 3.20. The molecule has 3 heteroatoms. The molecule has 0 saturated carbocycles. The van der Waals surface area contributed by atoms with Crippen molar-refractivity contribution in [1.29, 1.82) is 0 Å². The molecule has 0 radical (unpaired) electrons. The van der Waals surface area contributed by atoms with E-state index in [1.54, 1.807) is 0 Å². The van der Waals surface area contributed by atoms with Crippen LogP contribution in [0, 0.1) is 0 Å². The highest BCUT2D eigenvalue weighted by Gasteiger charge is 2.45. The summed E-state index contributed by atoms with van der Waals surface area (Å²) in [7, 11) is 0. The Bertz CT molecular complexity index is 1900. The van der Waals surface area contributed by atoms with Crippen molar-refractivity contribution < 1.29 is 9.59 Å². The fourth-order valence-electron chi connectivity index (χ4n) is 7.30. The molecule has 1 aliphatic carbocycles. The van der Waals surface area contributed by atoms with Crippen molar-refractivity contribution in [2.75, 3.05) is 4.90 Å². The van der Waals surface area contributed by atoms with E-state index in [4.69, 9.17) is 0 Å². The van der Waals surface area contributed by atoms with E-state index >= 15 is 0 Å². The van der Waals surface area contributed by atoms with Crippen LogP contribution >= 0.6 is 0 Å². The Labute approximate surface area is 239 Å². The maximum absolute atomic E-state index is 13.6. The van der Waals surface area contributed by atoms with Crippen molar-refractivity contribution in [1.82, 2.24) is 0 Å². The van der Waals surface area contributed by atoms with E-state index in [1.807, 2.05) is 42.5 Å². The normalized spacial score (nSPS) is 17.2. The Morgan fingerprint density at radius 1 is 0.561 bits per heavy atom. The van der Waals surface area contributed by atoms with Gasteiger partial charge in [0, 0.05) is 22.0 Å². The number of para-hydroxylation sites is 2. The van der Waals surface area contributed by atoms with Crippen LogP contribution in [0.25, 0.3) is 16.8 Å². The van der Waals surface area contributed by atoms with E-state index in [0.29, 0.717) is 11.1 Å². The summed E-state index contributed by atoms with van der Waals surface area (Å²) >= 11 is 0. The van der Waals surface area contributed by atoms with Gasteiger partial charge in [0.15, 0.2) is 11.6 Å². The van der Waals surface area contributed by atoms with Crippen molar-refractivity contribution in [3.05, 3.63) is 142 Å². The van der Waals surface area contributed by atoms with E-state index in [1.165, 1.54) is 39.3 Å². The van der Waals surface area contributed by atoms with Gasteiger partial charge in [-0.2, -0.15) is 0 Å². The zero-order valence-corrected chi connectivity index (χ0v) is 23.6. The molecule has 0 fully saturated rings. The lowest BCUT2D eigenvalue weighted by molar-refractivity contribution is 0.0990. The van der Waals surface area contributed by atoms with E-state index < -0.39 is 0 Å². The lowest BCUT2D eigenvalue weighted by Gasteiger charge is -2.49. The molecule has 3 nitrogen and oxygen atoms in total. The quantitative estimate of drug-likeness (QED) is 0.160. The largest absolute Gasteiger partial charge is 0.309 e. The van der Waals surface area contributed by atoms with Gasteiger partial charge >= 0.3 is 0 Å². The molecule has 5 aromatic carbocycles. The van der Waals surface area contributed by atoms with Crippen molar-refractivity contribution in [3.63, 3.8) is 0 Å². The van der Waals surface area contributed by atoms with Gasteiger partial charge in [-0.1, -0.05) is 88.4 Å². The predicted molar refractivity (Wildman–Crippen MR) is 166 cm³/mol. The zero-order chi connectivity index (χ0) is 28.3. The summed E-state index contributed by atoms with van der Waals surface area (Å²) in [5, 5.41) is 1.93. The van der Waals surface area contributed by atoms with Crippen LogP contribution in [0.4, 0.5) is 17.1 Å². The maximum atomic E-state index is 13.6. The van der Waals surface area contributed by atoms with Crippen LogP contribution in [0.5, 0.6) is 0 Å². The minimum absolute atomic E-state index is 0.196. The second-order valence-electron chi connectivity index (χ2n) is 12.5. The molecule has 41 heavy (non-hydrogen) atoms. The molecule has 198 valence electrons. The summed E-state index contributed by atoms with van der Waals surface area (Å²) in [5.74, 6) is -0.393. The first-order chi connectivity index (χ1) is 19.7. The molecule has 8 rings (SSSR count). The Hall–Kier alpha value is -4.76. The third kappa shape index (κ3) is 3.09. The van der Waals surface area contributed by atoms with Gasteiger partial charge in [-0.3, -0.25) is 9.59 Å². The first kappa shape index (κ1) is 24.1. The number of ketones is 2. The maximum Gasteiger partial charge on any atom is 0.197 e. The van der Waals surface area contributed by atoms with Gasteiger partial charge in [0.1, 0.15) is 0 Å². The molecule has 2 aliphatic heterocycles. The lowest BCUT2D eigenvalue weighted by atomic mass is 9.66. The molecule has 2 heterocycles. The number of Topliss-reactive ketones (excluding diaryl/α,β-unsaturated/α-hetero) is 2. The number of nitrogens with zero attached hydrogens (tertiary/aromatic N) is 1. The Kier molecular flexibility index (Phi) is 4.65. The molecule has 3 aliphatic rings. The van der Waals surface area contributed by atoms with Gasteiger partial charge in [-0.25, -0.2) is 0 Å². The molecule has 0 unspecified atom stereocenters. The summed E-state index contributed by atoms with van der Waals surface area (Å²) in [5.41, 5.74) is 10.1. The van der Waals surface area contributed by atoms with Crippen LogP contribution in [-0.4, -0.2) is 11.6 Å². The van der Waals surface area contributed by atoms with Crippen molar-refractivity contribution in [2.45, 2.75) is 38.5 Å². The fraction of sp³-hybridized carbons (Fsp3) is 0.158. The van der Waals surface area contributed by atoms with Gasteiger partial charge in [0.2, 0.25) is 0 Å². The standard InChI is InChI=1S/C38H29NO2/c1-37(2)28-13-7-9-15-32(28)39-33-16-10-8-14-29(33)38(3,4)31-19-22(18-30(37)34(31)39)17-27-35(40)25-20-23-11-5-6-12-24(23)21-26(25)36(27)41/h5-21H,1-4H3. The van der Waals surface area contributed by atoms with Crippen molar-refractivity contribution >= 4 is 45.5 Å². The smallest absolute Gasteiger partial charge is 0.197 e. The highest BCUT2D eigenvalue weighted by molar-refractivity contribution is 6.42. The Morgan fingerprint density at radius 3 is 1.49 bits per heavy atom. The third-order valence-corrected chi connectivity index (χ3v) is 9.51. The van der Waals surface area contributed by atoms with Crippen LogP contribution in [0.2, 0.25) is 0 Å². The van der Waals surface area contributed by atoms with Crippen molar-refractivity contribution in [2.24, 2.45) is 0 Å². The number of carbonyl (C=O) groups is 2. The molecule has 0 amide bonds. The summed E-state index contributed by atoms with van der Waals surface area (Å²) in [4.78, 5) is 29.7. The van der Waals surface area contributed by atoms with Gasteiger partial charge < -0.3 is 4.90 Å². The number of fused-ring (bicyclic) bond motifs is 6. The van der Waals surface area contributed by atoms with E-state index in [0.717, 1.165) is 16.3 Å². The number of rotatable bonds is 1. The first-order valence-corrected chi connectivity index (χ1v) is 14.2.